The number of benzene rings is 1. The molecule has 0 aliphatic rings. The SMILES string of the molecule is CCNC(=O)C[n+]1c(CNC(=O)c2nc(Cl)c(N)nc2N)n(CC)c2cc(OC)ccc21.[Br-]. The molecule has 6 N–H and O–H groups in total. The largest absolute Gasteiger partial charge is 1.00 e. The summed E-state index contributed by atoms with van der Waals surface area (Å²) in [6, 6.07) is 5.60. The number of nitrogen functional groups attached to an aromatic ring is 2. The molecule has 0 spiro atoms. The summed E-state index contributed by atoms with van der Waals surface area (Å²) >= 11 is 5.89. The molecule has 0 atom stereocenters. The first-order valence-corrected chi connectivity index (χ1v) is 10.4. The van der Waals surface area contributed by atoms with Crippen molar-refractivity contribution in [3.05, 3.63) is 34.9 Å². The van der Waals surface area contributed by atoms with Gasteiger partial charge in [0, 0.05) is 12.6 Å². The maximum Gasteiger partial charge on any atom is 0.277 e. The number of halogens is 2. The first kappa shape index (κ1) is 26.1. The Morgan fingerprint density at radius 3 is 2.55 bits per heavy atom. The average molecular weight is 542 g/mol. The van der Waals surface area contributed by atoms with Crippen LogP contribution in [0.2, 0.25) is 5.15 Å². The highest BCUT2D eigenvalue weighted by molar-refractivity contribution is 6.31. The molecule has 0 aliphatic carbocycles. The Balaban J connectivity index is 0.00000385. The molecule has 0 fully saturated rings. The number of nitrogens with zero attached hydrogens (tertiary/aromatic N) is 4. The van der Waals surface area contributed by atoms with Crippen molar-refractivity contribution in [2.45, 2.75) is 33.5 Å². The van der Waals surface area contributed by atoms with Crippen LogP contribution in [0.3, 0.4) is 0 Å². The van der Waals surface area contributed by atoms with Crippen molar-refractivity contribution in [1.29, 1.82) is 0 Å². The number of carbonyl (C=O) groups is 2. The van der Waals surface area contributed by atoms with Crippen molar-refractivity contribution < 1.29 is 35.9 Å². The number of imidazole rings is 1. The number of rotatable bonds is 8. The third kappa shape index (κ3) is 5.45. The van der Waals surface area contributed by atoms with Crippen molar-refractivity contribution in [2.24, 2.45) is 0 Å². The lowest BCUT2D eigenvalue weighted by atomic mass is 10.3. The van der Waals surface area contributed by atoms with E-state index < -0.39 is 5.91 Å². The number of hydrogen-bond donors (Lipinski definition) is 4. The molecule has 0 saturated heterocycles. The van der Waals surface area contributed by atoms with Crippen molar-refractivity contribution >= 4 is 46.1 Å². The predicted octanol–water partition coefficient (Wildman–Crippen LogP) is -2.36. The Morgan fingerprint density at radius 2 is 1.91 bits per heavy atom. The van der Waals surface area contributed by atoms with Crippen molar-refractivity contribution in [2.75, 3.05) is 25.1 Å². The molecule has 0 saturated carbocycles. The lowest BCUT2D eigenvalue weighted by Crippen LogP contribution is -3.00. The van der Waals surface area contributed by atoms with Crippen LogP contribution < -0.4 is 48.4 Å². The number of amides is 2. The van der Waals surface area contributed by atoms with Gasteiger partial charge in [-0.25, -0.2) is 19.1 Å². The molecule has 13 heteroatoms. The monoisotopic (exact) mass is 540 g/mol. The number of anilines is 2. The van der Waals surface area contributed by atoms with Crippen LogP contribution in [0.5, 0.6) is 5.75 Å². The Bertz CT molecular complexity index is 1180. The summed E-state index contributed by atoms with van der Waals surface area (Å²) in [5.74, 6) is 0.512. The summed E-state index contributed by atoms with van der Waals surface area (Å²) in [5.41, 5.74) is 12.9. The molecule has 33 heavy (non-hydrogen) atoms. The number of nitrogens with two attached hydrogens (primary N) is 2. The van der Waals surface area contributed by atoms with Gasteiger partial charge in [0.05, 0.1) is 13.7 Å². The zero-order chi connectivity index (χ0) is 23.4. The van der Waals surface area contributed by atoms with Crippen LogP contribution >= 0.6 is 11.6 Å². The molecule has 178 valence electrons. The van der Waals surface area contributed by atoms with E-state index in [1.807, 2.05) is 41.2 Å². The van der Waals surface area contributed by atoms with Gasteiger partial charge in [0.2, 0.25) is 0 Å². The quantitative estimate of drug-likeness (QED) is 0.233. The van der Waals surface area contributed by atoms with E-state index in [0.717, 1.165) is 11.0 Å². The van der Waals surface area contributed by atoms with Gasteiger partial charge >= 0.3 is 0 Å². The van der Waals surface area contributed by atoms with Crippen molar-refractivity contribution in [1.82, 2.24) is 25.2 Å². The van der Waals surface area contributed by atoms with E-state index in [4.69, 9.17) is 27.8 Å². The number of nitrogens with one attached hydrogen (secondary N) is 2. The summed E-state index contributed by atoms with van der Waals surface area (Å²) in [5, 5.41) is 5.48. The van der Waals surface area contributed by atoms with E-state index >= 15 is 0 Å². The normalized spacial score (nSPS) is 10.5. The lowest BCUT2D eigenvalue weighted by molar-refractivity contribution is -0.667. The Labute approximate surface area is 206 Å². The smallest absolute Gasteiger partial charge is 0.277 e. The lowest BCUT2D eigenvalue weighted by Gasteiger charge is -2.08. The summed E-state index contributed by atoms with van der Waals surface area (Å²) in [7, 11) is 1.59. The highest BCUT2D eigenvalue weighted by Crippen LogP contribution is 2.22. The van der Waals surface area contributed by atoms with Gasteiger partial charge in [-0.3, -0.25) is 9.59 Å². The van der Waals surface area contributed by atoms with Gasteiger partial charge in [-0.2, -0.15) is 0 Å². The van der Waals surface area contributed by atoms with Crippen LogP contribution in [0.1, 0.15) is 30.2 Å². The first-order valence-electron chi connectivity index (χ1n) is 10.0. The number of ether oxygens (including phenoxy) is 1. The van der Waals surface area contributed by atoms with Gasteiger partial charge in [0.25, 0.3) is 17.6 Å². The highest BCUT2D eigenvalue weighted by atomic mass is 79.9. The number of hydrogen-bond acceptors (Lipinski definition) is 7. The van der Waals surface area contributed by atoms with Crippen LogP contribution in [0.25, 0.3) is 11.0 Å². The van der Waals surface area contributed by atoms with Crippen LogP contribution in [0.15, 0.2) is 18.2 Å². The predicted molar refractivity (Wildman–Crippen MR) is 120 cm³/mol. The van der Waals surface area contributed by atoms with Crippen LogP contribution in [0.4, 0.5) is 11.6 Å². The molecule has 3 aromatic rings. The van der Waals surface area contributed by atoms with Crippen molar-refractivity contribution in [3.63, 3.8) is 0 Å². The van der Waals surface area contributed by atoms with Gasteiger partial charge in [0.1, 0.15) is 12.3 Å². The second kappa shape index (κ2) is 11.1. The summed E-state index contributed by atoms with van der Waals surface area (Å²) in [6.07, 6.45) is 0. The first-order chi connectivity index (χ1) is 15.3. The second-order valence-electron chi connectivity index (χ2n) is 6.87. The van der Waals surface area contributed by atoms with E-state index in [1.54, 1.807) is 7.11 Å². The molecule has 0 unspecified atom stereocenters. The zero-order valence-electron chi connectivity index (χ0n) is 18.5. The highest BCUT2D eigenvalue weighted by Gasteiger charge is 2.27. The third-order valence-electron chi connectivity index (χ3n) is 4.91. The van der Waals surface area contributed by atoms with Gasteiger partial charge in [0.15, 0.2) is 40.1 Å². The van der Waals surface area contributed by atoms with E-state index in [9.17, 15) is 9.59 Å². The third-order valence-corrected chi connectivity index (χ3v) is 5.18. The van der Waals surface area contributed by atoms with E-state index in [1.165, 1.54) is 0 Å². The van der Waals surface area contributed by atoms with Crippen LogP contribution in [-0.2, 0) is 24.4 Å². The minimum Gasteiger partial charge on any atom is -1.00 e. The molecule has 2 heterocycles. The minimum absolute atomic E-state index is 0. The Kier molecular flexibility index (Phi) is 8.83. The molecular weight excluding hydrogens is 516 g/mol. The number of fused-ring (bicyclic) bond motifs is 1. The van der Waals surface area contributed by atoms with Crippen molar-refractivity contribution in [3.8, 4) is 5.75 Å². The average Bonchev–Trinajstić information content (AvgIpc) is 3.06. The fourth-order valence-corrected chi connectivity index (χ4v) is 3.59. The molecule has 11 nitrogen and oxygen atoms in total. The molecular formula is C20H26BrClN8O3. The topological polar surface area (TPSA) is 154 Å². The Morgan fingerprint density at radius 1 is 1.18 bits per heavy atom. The summed E-state index contributed by atoms with van der Waals surface area (Å²) in [4.78, 5) is 32.9. The number of carbonyl (C=O) groups excluding carboxylic acids is 2. The maximum absolute atomic E-state index is 12.7. The molecule has 1 aromatic carbocycles. The fraction of sp³-hybridized carbons (Fsp3) is 0.350. The van der Waals surface area contributed by atoms with Crippen LogP contribution in [0, 0.1) is 0 Å². The molecule has 2 amide bonds. The second-order valence-corrected chi connectivity index (χ2v) is 7.23. The van der Waals surface area contributed by atoms with Crippen LogP contribution in [-0.4, -0.2) is 40.0 Å². The minimum atomic E-state index is -0.563. The number of likely N-dealkylation sites (N-methyl/N-ethyl adjacent to an activating group) is 1. The summed E-state index contributed by atoms with van der Waals surface area (Å²) < 4.78 is 9.22. The summed E-state index contributed by atoms with van der Waals surface area (Å²) in [6.45, 7) is 5.14. The van der Waals surface area contributed by atoms with E-state index in [0.29, 0.717) is 24.7 Å². The van der Waals surface area contributed by atoms with E-state index in [-0.39, 0.29) is 58.5 Å². The van der Waals surface area contributed by atoms with Gasteiger partial charge in [-0.05, 0) is 26.0 Å². The van der Waals surface area contributed by atoms with E-state index in [2.05, 4.69) is 20.6 Å². The maximum atomic E-state index is 12.7. The number of aryl methyl sites for hydroxylation is 1. The zero-order valence-corrected chi connectivity index (χ0v) is 20.8. The number of methoxy groups -OCH3 is 1. The number of aromatic nitrogens is 4. The fourth-order valence-electron chi connectivity index (χ4n) is 3.47. The molecule has 0 aliphatic heterocycles. The molecule has 0 radical (unpaired) electrons. The van der Waals surface area contributed by atoms with Gasteiger partial charge < -0.3 is 43.8 Å². The van der Waals surface area contributed by atoms with Gasteiger partial charge in [-0.1, -0.05) is 11.6 Å². The Hall–Kier alpha value is -3.12. The molecule has 0 bridgehead atoms. The molecule has 3 rings (SSSR count). The van der Waals surface area contributed by atoms with Gasteiger partial charge in [-0.15, -0.1) is 0 Å². The standard InChI is InChI=1S/C20H25ClN8O3.BrH/c1-4-24-14(30)10-29-12-7-6-11(32-3)8-13(12)28(5-2)15(29)9-25-20(31)16-18(22)27-19(23)17(21)26-16;/h6-8H,4-5,9-10H2,1-3H3,(H5-,22,23,24,25,27,30,31);1H. The molecule has 2 aromatic heterocycles.